The van der Waals surface area contributed by atoms with Crippen LogP contribution in [0.2, 0.25) is 0 Å². The number of nitrogens with zero attached hydrogens (tertiary/aromatic N) is 3. The van der Waals surface area contributed by atoms with Crippen molar-refractivity contribution in [3.8, 4) is 12.1 Å². The molecule has 0 saturated heterocycles. The number of esters is 2. The minimum absolute atomic E-state index is 0.0716. The molecule has 0 fully saturated rings. The third-order valence-corrected chi connectivity index (χ3v) is 5.17. The van der Waals surface area contributed by atoms with Crippen molar-refractivity contribution in [3.05, 3.63) is 101 Å². The topological polar surface area (TPSA) is 103 Å². The Hall–Kier alpha value is -5.14. The molecule has 3 aromatic rings. The van der Waals surface area contributed by atoms with Crippen LogP contribution in [0.1, 0.15) is 25.0 Å². The third kappa shape index (κ3) is 6.94. The second-order valence-corrected chi connectivity index (χ2v) is 7.63. The molecule has 0 aliphatic rings. The fourth-order valence-electron chi connectivity index (χ4n) is 3.49. The van der Waals surface area contributed by atoms with Gasteiger partial charge in [0.15, 0.2) is 0 Å². The van der Waals surface area contributed by atoms with Crippen LogP contribution in [0.25, 0.3) is 12.2 Å². The molecule has 0 bridgehead atoms. The van der Waals surface area contributed by atoms with Gasteiger partial charge in [-0.2, -0.15) is 10.5 Å². The number of anilines is 3. The number of rotatable bonds is 9. The molecule has 0 atom stereocenters. The smallest absolute Gasteiger partial charge is 0.348 e. The fourth-order valence-corrected chi connectivity index (χ4v) is 3.49. The van der Waals surface area contributed by atoms with Gasteiger partial charge in [0.25, 0.3) is 0 Å². The minimum atomic E-state index is -0.656. The van der Waals surface area contributed by atoms with E-state index >= 15 is 0 Å². The molecular weight excluding hydrogens is 466 g/mol. The number of hydrogen-bond donors (Lipinski definition) is 0. The van der Waals surface area contributed by atoms with Crippen LogP contribution in [0, 0.1) is 22.7 Å². The number of para-hydroxylation sites is 1. The van der Waals surface area contributed by atoms with Crippen LogP contribution in [-0.4, -0.2) is 25.2 Å². The molecule has 3 rings (SSSR count). The zero-order valence-corrected chi connectivity index (χ0v) is 20.5. The van der Waals surface area contributed by atoms with Gasteiger partial charge in [-0.3, -0.25) is 0 Å². The summed E-state index contributed by atoms with van der Waals surface area (Å²) in [6.45, 7) is 3.76. The number of benzene rings is 3. The molecule has 184 valence electrons. The van der Waals surface area contributed by atoms with Crippen LogP contribution in [-0.2, 0) is 19.1 Å². The van der Waals surface area contributed by atoms with Gasteiger partial charge in [-0.15, -0.1) is 0 Å². The molecule has 0 spiro atoms. The zero-order valence-electron chi connectivity index (χ0n) is 20.5. The van der Waals surface area contributed by atoms with Gasteiger partial charge in [0, 0.05) is 17.1 Å². The summed E-state index contributed by atoms with van der Waals surface area (Å²) < 4.78 is 9.85. The summed E-state index contributed by atoms with van der Waals surface area (Å²) in [5, 5.41) is 18.6. The maximum atomic E-state index is 11.9. The van der Waals surface area contributed by atoms with E-state index in [1.54, 1.807) is 13.8 Å². The van der Waals surface area contributed by atoms with E-state index in [0.717, 1.165) is 17.1 Å². The summed E-state index contributed by atoms with van der Waals surface area (Å²) in [4.78, 5) is 25.9. The van der Waals surface area contributed by atoms with Gasteiger partial charge in [0.1, 0.15) is 23.3 Å². The number of nitriles is 2. The highest BCUT2D eigenvalue weighted by Crippen LogP contribution is 2.34. The zero-order chi connectivity index (χ0) is 26.6. The lowest BCUT2D eigenvalue weighted by molar-refractivity contribution is -0.138. The first kappa shape index (κ1) is 26.5. The summed E-state index contributed by atoms with van der Waals surface area (Å²) in [5.74, 6) is -1.31. The Bertz CT molecular complexity index is 1290. The largest absolute Gasteiger partial charge is 0.462 e. The summed E-state index contributed by atoms with van der Waals surface area (Å²) in [6.07, 6.45) is 2.98. The Labute approximate surface area is 216 Å². The Morgan fingerprint density at radius 1 is 0.676 bits per heavy atom. The van der Waals surface area contributed by atoms with Crippen molar-refractivity contribution in [2.75, 3.05) is 18.1 Å². The van der Waals surface area contributed by atoms with Gasteiger partial charge >= 0.3 is 11.9 Å². The minimum Gasteiger partial charge on any atom is -0.462 e. The normalized spacial score (nSPS) is 11.1. The molecule has 0 radical (unpaired) electrons. The average molecular weight is 492 g/mol. The van der Waals surface area contributed by atoms with Crippen LogP contribution in [0.5, 0.6) is 0 Å². The van der Waals surface area contributed by atoms with Gasteiger partial charge in [-0.1, -0.05) is 42.5 Å². The molecule has 0 N–H and O–H groups in total. The van der Waals surface area contributed by atoms with E-state index in [1.807, 2.05) is 95.9 Å². The second-order valence-electron chi connectivity index (χ2n) is 7.63. The fraction of sp³-hybridized carbons (Fsp3) is 0.133. The second kappa shape index (κ2) is 13.1. The Balaban J connectivity index is 1.96. The van der Waals surface area contributed by atoms with Crippen LogP contribution in [0.15, 0.2) is 90.0 Å². The first-order valence-corrected chi connectivity index (χ1v) is 11.6. The molecule has 0 amide bonds. The quantitative estimate of drug-likeness (QED) is 0.202. The van der Waals surface area contributed by atoms with Gasteiger partial charge in [-0.25, -0.2) is 9.59 Å². The molecule has 0 heterocycles. The van der Waals surface area contributed by atoms with E-state index in [0.29, 0.717) is 11.1 Å². The maximum Gasteiger partial charge on any atom is 0.348 e. The summed E-state index contributed by atoms with van der Waals surface area (Å²) >= 11 is 0. The SMILES string of the molecule is CCOC(=O)C(C#N)=Cc1ccc(N(c2ccccc2)c2ccc(C=C(C#N)C(=O)OCC)cc2)cc1. The van der Waals surface area contributed by atoms with Crippen molar-refractivity contribution in [2.24, 2.45) is 0 Å². The van der Waals surface area contributed by atoms with Crippen molar-refractivity contribution in [1.29, 1.82) is 10.5 Å². The Morgan fingerprint density at radius 2 is 1.05 bits per heavy atom. The summed E-state index contributed by atoms with van der Waals surface area (Å²) in [6, 6.07) is 28.4. The van der Waals surface area contributed by atoms with E-state index in [9.17, 15) is 20.1 Å². The van der Waals surface area contributed by atoms with Crippen molar-refractivity contribution >= 4 is 41.2 Å². The van der Waals surface area contributed by atoms with Crippen molar-refractivity contribution in [1.82, 2.24) is 0 Å². The van der Waals surface area contributed by atoms with E-state index in [4.69, 9.17) is 9.47 Å². The third-order valence-electron chi connectivity index (χ3n) is 5.17. The van der Waals surface area contributed by atoms with Gasteiger partial charge in [-0.05, 0) is 73.5 Å². The van der Waals surface area contributed by atoms with Crippen molar-refractivity contribution in [2.45, 2.75) is 13.8 Å². The highest BCUT2D eigenvalue weighted by atomic mass is 16.5. The predicted octanol–water partition coefficient (Wildman–Crippen LogP) is 6.10. The van der Waals surface area contributed by atoms with E-state index in [2.05, 4.69) is 0 Å². The molecule has 37 heavy (non-hydrogen) atoms. The van der Waals surface area contributed by atoms with Crippen molar-refractivity contribution in [3.63, 3.8) is 0 Å². The number of hydrogen-bond acceptors (Lipinski definition) is 7. The lowest BCUT2D eigenvalue weighted by atomic mass is 10.1. The number of carbonyl (C=O) groups excluding carboxylic acids is 2. The molecule has 0 saturated carbocycles. The molecule has 0 aromatic heterocycles. The van der Waals surface area contributed by atoms with Crippen molar-refractivity contribution < 1.29 is 19.1 Å². The van der Waals surface area contributed by atoms with Crippen LogP contribution < -0.4 is 4.90 Å². The van der Waals surface area contributed by atoms with Crippen LogP contribution >= 0.6 is 0 Å². The molecule has 0 aliphatic heterocycles. The van der Waals surface area contributed by atoms with Gasteiger partial charge in [0.05, 0.1) is 13.2 Å². The Morgan fingerprint density at radius 3 is 1.41 bits per heavy atom. The lowest BCUT2D eigenvalue weighted by Crippen LogP contribution is -2.10. The molecular formula is C30H25N3O4. The van der Waals surface area contributed by atoms with Gasteiger partial charge < -0.3 is 14.4 Å². The van der Waals surface area contributed by atoms with Crippen LogP contribution in [0.3, 0.4) is 0 Å². The molecule has 7 nitrogen and oxygen atoms in total. The van der Waals surface area contributed by atoms with E-state index < -0.39 is 11.9 Å². The molecule has 0 aliphatic carbocycles. The highest BCUT2D eigenvalue weighted by molar-refractivity contribution is 5.98. The molecule has 7 heteroatoms. The van der Waals surface area contributed by atoms with Crippen LogP contribution in [0.4, 0.5) is 17.1 Å². The summed E-state index contributed by atoms with van der Waals surface area (Å²) in [7, 11) is 0. The average Bonchev–Trinajstić information content (AvgIpc) is 2.93. The standard InChI is InChI=1S/C30H25N3O4/c1-3-36-29(34)24(20-31)18-22-10-14-27(15-11-22)33(26-8-6-5-7-9-26)28-16-12-23(13-17-28)19-25(21-32)30(35)37-4-2/h5-19H,3-4H2,1-2H3. The first-order valence-electron chi connectivity index (χ1n) is 11.6. The Kier molecular flexibility index (Phi) is 9.36. The number of carbonyl (C=O) groups is 2. The maximum absolute atomic E-state index is 11.9. The highest BCUT2D eigenvalue weighted by Gasteiger charge is 2.14. The van der Waals surface area contributed by atoms with Gasteiger partial charge in [0.2, 0.25) is 0 Å². The predicted molar refractivity (Wildman–Crippen MR) is 142 cm³/mol. The lowest BCUT2D eigenvalue weighted by Gasteiger charge is -2.25. The number of ether oxygens (including phenoxy) is 2. The molecule has 3 aromatic carbocycles. The first-order chi connectivity index (χ1) is 18.0. The summed E-state index contributed by atoms with van der Waals surface area (Å²) in [5.41, 5.74) is 3.85. The monoisotopic (exact) mass is 491 g/mol. The molecule has 0 unspecified atom stereocenters. The van der Waals surface area contributed by atoms with E-state index in [-0.39, 0.29) is 24.4 Å². The van der Waals surface area contributed by atoms with E-state index in [1.165, 1.54) is 12.2 Å².